The molecule has 134 valence electrons. The molecule has 1 rings (SSSR count). The van der Waals surface area contributed by atoms with E-state index >= 15 is 0 Å². The van der Waals surface area contributed by atoms with E-state index in [9.17, 15) is 9.59 Å². The standard InChI is InChI=1S/C17H27N3O4/c1-17(2,3)24-16(22)20-14(15(21)19-10-9-18)12-23-11-13-7-5-4-6-8-13/h4-8,14H,9-12,18H2,1-3H3,(H,19,21)(H,20,22)/t14-/m0/s1. The summed E-state index contributed by atoms with van der Waals surface area (Å²) in [6, 6.07) is 8.72. The van der Waals surface area contributed by atoms with Gasteiger partial charge in [-0.25, -0.2) is 4.79 Å². The van der Waals surface area contributed by atoms with Crippen LogP contribution in [0.15, 0.2) is 30.3 Å². The van der Waals surface area contributed by atoms with Gasteiger partial charge in [0.2, 0.25) is 5.91 Å². The smallest absolute Gasteiger partial charge is 0.408 e. The van der Waals surface area contributed by atoms with Crippen LogP contribution in [0.2, 0.25) is 0 Å². The Hall–Kier alpha value is -2.12. The summed E-state index contributed by atoms with van der Waals surface area (Å²) in [6.45, 7) is 6.27. The lowest BCUT2D eigenvalue weighted by atomic mass is 10.2. The minimum absolute atomic E-state index is 0.0323. The lowest BCUT2D eigenvalue weighted by Crippen LogP contribution is -2.51. The zero-order valence-electron chi connectivity index (χ0n) is 14.5. The number of hydrogen-bond donors (Lipinski definition) is 3. The molecule has 0 saturated carbocycles. The number of carbonyl (C=O) groups excluding carboxylic acids is 2. The van der Waals surface area contributed by atoms with E-state index < -0.39 is 17.7 Å². The van der Waals surface area contributed by atoms with Crippen LogP contribution in [0.1, 0.15) is 26.3 Å². The monoisotopic (exact) mass is 337 g/mol. The summed E-state index contributed by atoms with van der Waals surface area (Å²) >= 11 is 0. The molecule has 1 aromatic rings. The molecule has 0 aliphatic carbocycles. The van der Waals surface area contributed by atoms with Crippen LogP contribution in [0, 0.1) is 0 Å². The first-order valence-electron chi connectivity index (χ1n) is 7.91. The van der Waals surface area contributed by atoms with Crippen molar-refractivity contribution in [2.45, 2.75) is 39.0 Å². The second kappa shape index (κ2) is 9.89. The summed E-state index contributed by atoms with van der Waals surface area (Å²) in [5.41, 5.74) is 5.72. The van der Waals surface area contributed by atoms with Gasteiger partial charge < -0.3 is 25.8 Å². The van der Waals surface area contributed by atoms with Crippen LogP contribution >= 0.6 is 0 Å². The van der Waals surface area contributed by atoms with E-state index in [1.807, 2.05) is 30.3 Å². The van der Waals surface area contributed by atoms with E-state index in [-0.39, 0.29) is 12.5 Å². The molecule has 7 nitrogen and oxygen atoms in total. The maximum Gasteiger partial charge on any atom is 0.408 e. The highest BCUT2D eigenvalue weighted by molar-refractivity contribution is 5.85. The zero-order valence-corrected chi connectivity index (χ0v) is 14.5. The molecule has 1 aromatic carbocycles. The average molecular weight is 337 g/mol. The van der Waals surface area contributed by atoms with Gasteiger partial charge in [-0.3, -0.25) is 4.79 Å². The molecule has 4 N–H and O–H groups in total. The highest BCUT2D eigenvalue weighted by atomic mass is 16.6. The van der Waals surface area contributed by atoms with Gasteiger partial charge in [0.15, 0.2) is 0 Å². The predicted molar refractivity (Wildman–Crippen MR) is 91.3 cm³/mol. The molecule has 0 heterocycles. The van der Waals surface area contributed by atoms with Crippen molar-refractivity contribution < 1.29 is 19.1 Å². The first-order chi connectivity index (χ1) is 11.3. The molecule has 0 aromatic heterocycles. The molecule has 7 heteroatoms. The van der Waals surface area contributed by atoms with Crippen molar-refractivity contribution in [1.29, 1.82) is 0 Å². The Kier molecular flexibility index (Phi) is 8.21. The Bertz CT molecular complexity index is 514. The average Bonchev–Trinajstić information content (AvgIpc) is 2.51. The number of nitrogens with two attached hydrogens (primary N) is 1. The van der Waals surface area contributed by atoms with Gasteiger partial charge in [0.25, 0.3) is 0 Å². The van der Waals surface area contributed by atoms with E-state index in [0.717, 1.165) is 5.56 Å². The molecule has 0 fully saturated rings. The lowest BCUT2D eigenvalue weighted by Gasteiger charge is -2.23. The van der Waals surface area contributed by atoms with E-state index in [2.05, 4.69) is 10.6 Å². The van der Waals surface area contributed by atoms with Crippen LogP contribution in [-0.2, 0) is 20.9 Å². The van der Waals surface area contributed by atoms with Gasteiger partial charge in [0.05, 0.1) is 13.2 Å². The molecule has 24 heavy (non-hydrogen) atoms. The minimum Gasteiger partial charge on any atom is -0.444 e. The van der Waals surface area contributed by atoms with Crippen LogP contribution in [0.4, 0.5) is 4.79 Å². The van der Waals surface area contributed by atoms with Crippen molar-refractivity contribution in [2.75, 3.05) is 19.7 Å². The summed E-state index contributed by atoms with van der Waals surface area (Å²) < 4.78 is 10.7. The van der Waals surface area contributed by atoms with Gasteiger partial charge >= 0.3 is 6.09 Å². The van der Waals surface area contributed by atoms with Crippen LogP contribution < -0.4 is 16.4 Å². The third kappa shape index (κ3) is 8.50. The predicted octanol–water partition coefficient (Wildman–Crippen LogP) is 1.17. The normalized spacial score (nSPS) is 12.3. The van der Waals surface area contributed by atoms with Crippen molar-refractivity contribution in [3.63, 3.8) is 0 Å². The Morgan fingerprint density at radius 1 is 1.21 bits per heavy atom. The molecule has 0 unspecified atom stereocenters. The summed E-state index contributed by atoms with van der Waals surface area (Å²) in [4.78, 5) is 24.0. The van der Waals surface area contributed by atoms with Crippen LogP contribution in [0.25, 0.3) is 0 Å². The van der Waals surface area contributed by atoms with Crippen LogP contribution in [0.5, 0.6) is 0 Å². The molecule has 2 amide bonds. The molecule has 0 saturated heterocycles. The third-order valence-corrected chi connectivity index (χ3v) is 2.85. The Labute approximate surface area is 142 Å². The fraction of sp³-hybridized carbons (Fsp3) is 0.529. The number of ether oxygens (including phenoxy) is 2. The number of carbonyl (C=O) groups is 2. The van der Waals surface area contributed by atoms with Gasteiger partial charge in [-0.2, -0.15) is 0 Å². The quantitative estimate of drug-likeness (QED) is 0.661. The number of amides is 2. The first kappa shape index (κ1) is 19.9. The maximum absolute atomic E-state index is 12.1. The Morgan fingerprint density at radius 2 is 1.88 bits per heavy atom. The molecule has 0 aliphatic rings. The van der Waals surface area contributed by atoms with E-state index in [0.29, 0.717) is 19.7 Å². The van der Waals surface area contributed by atoms with Crippen molar-refractivity contribution >= 4 is 12.0 Å². The lowest BCUT2D eigenvalue weighted by molar-refractivity contribution is -0.124. The van der Waals surface area contributed by atoms with Crippen molar-refractivity contribution in [3.05, 3.63) is 35.9 Å². The molecule has 0 aliphatic heterocycles. The molecule has 0 radical (unpaired) electrons. The van der Waals surface area contributed by atoms with Gasteiger partial charge in [-0.1, -0.05) is 30.3 Å². The molecular weight excluding hydrogens is 310 g/mol. The van der Waals surface area contributed by atoms with E-state index in [4.69, 9.17) is 15.2 Å². The Morgan fingerprint density at radius 3 is 2.46 bits per heavy atom. The second-order valence-electron chi connectivity index (χ2n) is 6.28. The van der Waals surface area contributed by atoms with Crippen molar-refractivity contribution in [2.24, 2.45) is 5.73 Å². The number of hydrogen-bond acceptors (Lipinski definition) is 5. The summed E-state index contributed by atoms with van der Waals surface area (Å²) in [5, 5.41) is 5.16. The number of rotatable bonds is 8. The first-order valence-corrected chi connectivity index (χ1v) is 7.91. The van der Waals surface area contributed by atoms with E-state index in [1.54, 1.807) is 20.8 Å². The van der Waals surface area contributed by atoms with Gasteiger partial charge in [-0.05, 0) is 26.3 Å². The summed E-state index contributed by atoms with van der Waals surface area (Å²) in [6.07, 6.45) is -0.668. The van der Waals surface area contributed by atoms with Gasteiger partial charge in [0, 0.05) is 13.1 Å². The number of alkyl carbamates (subject to hydrolysis) is 1. The minimum atomic E-state index is -0.852. The largest absolute Gasteiger partial charge is 0.444 e. The number of benzene rings is 1. The third-order valence-electron chi connectivity index (χ3n) is 2.85. The SMILES string of the molecule is CC(C)(C)OC(=O)N[C@@H](COCc1ccccc1)C(=O)NCCN. The molecule has 0 bridgehead atoms. The fourth-order valence-electron chi connectivity index (χ4n) is 1.82. The summed E-state index contributed by atoms with van der Waals surface area (Å²) in [7, 11) is 0. The topological polar surface area (TPSA) is 103 Å². The highest BCUT2D eigenvalue weighted by Gasteiger charge is 2.24. The van der Waals surface area contributed by atoms with Crippen molar-refractivity contribution in [3.8, 4) is 0 Å². The maximum atomic E-state index is 12.1. The van der Waals surface area contributed by atoms with Gasteiger partial charge in [-0.15, -0.1) is 0 Å². The molecule has 1 atom stereocenters. The Balaban J connectivity index is 2.56. The van der Waals surface area contributed by atoms with Gasteiger partial charge in [0.1, 0.15) is 11.6 Å². The van der Waals surface area contributed by atoms with Crippen molar-refractivity contribution in [1.82, 2.24) is 10.6 Å². The summed E-state index contributed by atoms with van der Waals surface area (Å²) in [5.74, 6) is -0.362. The highest BCUT2D eigenvalue weighted by Crippen LogP contribution is 2.07. The van der Waals surface area contributed by atoms with Crippen LogP contribution in [0.3, 0.4) is 0 Å². The van der Waals surface area contributed by atoms with Crippen LogP contribution in [-0.4, -0.2) is 43.3 Å². The fourth-order valence-corrected chi connectivity index (χ4v) is 1.82. The zero-order chi connectivity index (χ0) is 18.0. The second-order valence-corrected chi connectivity index (χ2v) is 6.28. The molecular formula is C17H27N3O4. The molecule has 0 spiro atoms. The number of nitrogens with one attached hydrogen (secondary N) is 2. The van der Waals surface area contributed by atoms with E-state index in [1.165, 1.54) is 0 Å².